The molecule has 2 rings (SSSR count). The SMILES string of the molecule is Cc1ccc(O)c(C(=O)NCc2ccc(O)cc2)c1. The first-order chi connectivity index (χ1) is 9.06. The lowest BCUT2D eigenvalue weighted by molar-refractivity contribution is 0.0948. The maximum Gasteiger partial charge on any atom is 0.255 e. The number of aryl methyl sites for hydroxylation is 1. The Balaban J connectivity index is 2.05. The van der Waals surface area contributed by atoms with Crippen molar-refractivity contribution in [2.24, 2.45) is 0 Å². The summed E-state index contributed by atoms with van der Waals surface area (Å²) in [4.78, 5) is 11.9. The zero-order valence-electron chi connectivity index (χ0n) is 10.6. The number of phenolic OH excluding ortho intramolecular Hbond substituents is 2. The monoisotopic (exact) mass is 257 g/mol. The maximum absolute atomic E-state index is 11.9. The van der Waals surface area contributed by atoms with Gasteiger partial charge in [-0.05, 0) is 36.8 Å². The summed E-state index contributed by atoms with van der Waals surface area (Å²) in [7, 11) is 0. The molecule has 0 fully saturated rings. The second-order valence-corrected chi connectivity index (χ2v) is 4.37. The topological polar surface area (TPSA) is 69.6 Å². The standard InChI is InChI=1S/C15H15NO3/c1-10-2-7-14(18)13(8-10)15(19)16-9-11-3-5-12(17)6-4-11/h2-8,17-18H,9H2,1H3,(H,16,19). The van der Waals surface area contributed by atoms with Gasteiger partial charge in [0.25, 0.3) is 5.91 Å². The third-order valence-electron chi connectivity index (χ3n) is 2.79. The van der Waals surface area contributed by atoms with Crippen LogP contribution in [0.15, 0.2) is 42.5 Å². The van der Waals surface area contributed by atoms with Crippen LogP contribution in [0.2, 0.25) is 0 Å². The fourth-order valence-electron chi connectivity index (χ4n) is 1.72. The molecule has 0 aliphatic heterocycles. The number of phenols is 2. The average Bonchev–Trinajstić information content (AvgIpc) is 2.40. The van der Waals surface area contributed by atoms with Crippen molar-refractivity contribution < 1.29 is 15.0 Å². The van der Waals surface area contributed by atoms with Gasteiger partial charge in [0.05, 0.1) is 5.56 Å². The van der Waals surface area contributed by atoms with Crippen molar-refractivity contribution in [1.29, 1.82) is 0 Å². The first-order valence-electron chi connectivity index (χ1n) is 5.92. The maximum atomic E-state index is 11.9. The summed E-state index contributed by atoms with van der Waals surface area (Å²) in [5, 5.41) is 21.5. The van der Waals surface area contributed by atoms with Crippen molar-refractivity contribution in [2.75, 3.05) is 0 Å². The van der Waals surface area contributed by atoms with Crippen LogP contribution in [-0.4, -0.2) is 16.1 Å². The van der Waals surface area contributed by atoms with Crippen LogP contribution in [0.5, 0.6) is 11.5 Å². The van der Waals surface area contributed by atoms with Crippen LogP contribution in [0.3, 0.4) is 0 Å². The Kier molecular flexibility index (Phi) is 3.71. The van der Waals surface area contributed by atoms with E-state index in [2.05, 4.69) is 5.32 Å². The van der Waals surface area contributed by atoms with Crippen molar-refractivity contribution in [3.63, 3.8) is 0 Å². The number of aromatic hydroxyl groups is 2. The van der Waals surface area contributed by atoms with Crippen LogP contribution in [0.1, 0.15) is 21.5 Å². The fourth-order valence-corrected chi connectivity index (χ4v) is 1.72. The normalized spacial score (nSPS) is 10.2. The number of carbonyl (C=O) groups excluding carboxylic acids is 1. The number of amides is 1. The van der Waals surface area contributed by atoms with E-state index < -0.39 is 0 Å². The van der Waals surface area contributed by atoms with E-state index in [1.807, 2.05) is 6.92 Å². The van der Waals surface area contributed by atoms with Crippen molar-refractivity contribution in [3.05, 3.63) is 59.2 Å². The Bertz CT molecular complexity index is 591. The molecule has 3 N–H and O–H groups in total. The lowest BCUT2D eigenvalue weighted by atomic mass is 10.1. The highest BCUT2D eigenvalue weighted by Gasteiger charge is 2.10. The Morgan fingerprint density at radius 1 is 1.11 bits per heavy atom. The van der Waals surface area contributed by atoms with Crippen molar-refractivity contribution >= 4 is 5.91 Å². The van der Waals surface area contributed by atoms with E-state index in [1.165, 1.54) is 6.07 Å². The van der Waals surface area contributed by atoms with E-state index in [0.29, 0.717) is 6.54 Å². The van der Waals surface area contributed by atoms with Crippen LogP contribution in [-0.2, 0) is 6.54 Å². The van der Waals surface area contributed by atoms with Crippen molar-refractivity contribution in [3.8, 4) is 11.5 Å². The highest BCUT2D eigenvalue weighted by atomic mass is 16.3. The Labute approximate surface area is 111 Å². The summed E-state index contributed by atoms with van der Waals surface area (Å²) in [6.45, 7) is 2.20. The second-order valence-electron chi connectivity index (χ2n) is 4.37. The van der Waals surface area contributed by atoms with E-state index in [4.69, 9.17) is 5.11 Å². The van der Waals surface area contributed by atoms with Crippen molar-refractivity contribution in [1.82, 2.24) is 5.32 Å². The predicted molar refractivity (Wildman–Crippen MR) is 72.1 cm³/mol. The number of carbonyl (C=O) groups is 1. The molecule has 4 nitrogen and oxygen atoms in total. The van der Waals surface area contributed by atoms with E-state index in [-0.39, 0.29) is 23.0 Å². The predicted octanol–water partition coefficient (Wildman–Crippen LogP) is 2.34. The molecule has 0 saturated heterocycles. The molecule has 0 aliphatic carbocycles. The van der Waals surface area contributed by atoms with Gasteiger partial charge in [-0.2, -0.15) is 0 Å². The molecule has 0 atom stereocenters. The molecule has 4 heteroatoms. The van der Waals surface area contributed by atoms with Crippen LogP contribution >= 0.6 is 0 Å². The smallest absolute Gasteiger partial charge is 0.255 e. The van der Waals surface area contributed by atoms with Crippen LogP contribution in [0.25, 0.3) is 0 Å². The molecule has 2 aromatic carbocycles. The zero-order chi connectivity index (χ0) is 13.8. The van der Waals surface area contributed by atoms with Crippen LogP contribution in [0, 0.1) is 6.92 Å². The zero-order valence-corrected chi connectivity index (χ0v) is 10.6. The van der Waals surface area contributed by atoms with Gasteiger partial charge in [-0.1, -0.05) is 23.8 Å². The van der Waals surface area contributed by atoms with Gasteiger partial charge in [0, 0.05) is 6.54 Å². The summed E-state index contributed by atoms with van der Waals surface area (Å²) in [5.41, 5.74) is 2.05. The highest BCUT2D eigenvalue weighted by Crippen LogP contribution is 2.18. The van der Waals surface area contributed by atoms with Gasteiger partial charge in [0.2, 0.25) is 0 Å². The number of nitrogens with one attached hydrogen (secondary N) is 1. The first kappa shape index (κ1) is 13.0. The largest absolute Gasteiger partial charge is 0.508 e. The Morgan fingerprint density at radius 3 is 2.47 bits per heavy atom. The molecule has 19 heavy (non-hydrogen) atoms. The molecular weight excluding hydrogens is 242 g/mol. The number of rotatable bonds is 3. The van der Waals surface area contributed by atoms with E-state index in [1.54, 1.807) is 36.4 Å². The molecule has 2 aromatic rings. The van der Waals surface area contributed by atoms with Gasteiger partial charge in [-0.25, -0.2) is 0 Å². The van der Waals surface area contributed by atoms with Gasteiger partial charge in [0.1, 0.15) is 11.5 Å². The fraction of sp³-hybridized carbons (Fsp3) is 0.133. The van der Waals surface area contributed by atoms with Crippen molar-refractivity contribution in [2.45, 2.75) is 13.5 Å². The molecule has 0 saturated carbocycles. The van der Waals surface area contributed by atoms with Gasteiger partial charge in [-0.3, -0.25) is 4.79 Å². The summed E-state index contributed by atoms with van der Waals surface area (Å²) >= 11 is 0. The van der Waals surface area contributed by atoms with E-state index >= 15 is 0 Å². The average molecular weight is 257 g/mol. The summed E-state index contributed by atoms with van der Waals surface area (Å²) < 4.78 is 0. The molecule has 0 aromatic heterocycles. The minimum atomic E-state index is -0.325. The lowest BCUT2D eigenvalue weighted by Gasteiger charge is -2.08. The number of hydrogen-bond acceptors (Lipinski definition) is 3. The van der Waals surface area contributed by atoms with Crippen LogP contribution < -0.4 is 5.32 Å². The first-order valence-corrected chi connectivity index (χ1v) is 5.92. The lowest BCUT2D eigenvalue weighted by Crippen LogP contribution is -2.22. The third-order valence-corrected chi connectivity index (χ3v) is 2.79. The highest BCUT2D eigenvalue weighted by molar-refractivity contribution is 5.96. The van der Waals surface area contributed by atoms with E-state index in [0.717, 1.165) is 11.1 Å². The molecule has 0 spiro atoms. The molecule has 0 radical (unpaired) electrons. The molecule has 1 amide bonds. The molecule has 98 valence electrons. The Morgan fingerprint density at radius 2 is 1.79 bits per heavy atom. The molecule has 0 bridgehead atoms. The van der Waals surface area contributed by atoms with Gasteiger partial charge >= 0.3 is 0 Å². The molecule has 0 unspecified atom stereocenters. The number of benzene rings is 2. The molecular formula is C15H15NO3. The Hall–Kier alpha value is -2.49. The van der Waals surface area contributed by atoms with E-state index in [9.17, 15) is 9.90 Å². The van der Waals surface area contributed by atoms with Gasteiger partial charge in [-0.15, -0.1) is 0 Å². The quantitative estimate of drug-likeness (QED) is 0.790. The third kappa shape index (κ3) is 3.25. The molecule has 0 aliphatic rings. The van der Waals surface area contributed by atoms with Gasteiger partial charge in [0.15, 0.2) is 0 Å². The summed E-state index contributed by atoms with van der Waals surface area (Å²) in [6, 6.07) is 11.5. The summed E-state index contributed by atoms with van der Waals surface area (Å²) in [6.07, 6.45) is 0. The minimum Gasteiger partial charge on any atom is -0.508 e. The minimum absolute atomic E-state index is 0.0335. The summed E-state index contributed by atoms with van der Waals surface area (Å²) in [5.74, 6) is -0.172. The molecule has 0 heterocycles. The second kappa shape index (κ2) is 5.44. The van der Waals surface area contributed by atoms with Gasteiger partial charge < -0.3 is 15.5 Å². The number of hydrogen-bond donors (Lipinski definition) is 3. The van der Waals surface area contributed by atoms with Crippen LogP contribution in [0.4, 0.5) is 0 Å².